The van der Waals surface area contributed by atoms with Crippen LogP contribution in [0.5, 0.6) is 0 Å². The van der Waals surface area contributed by atoms with Gasteiger partial charge in [0.2, 0.25) is 0 Å². The van der Waals surface area contributed by atoms with Crippen molar-refractivity contribution in [3.8, 4) is 0 Å². The first-order valence-corrected chi connectivity index (χ1v) is 10.4. The van der Waals surface area contributed by atoms with E-state index in [1.54, 1.807) is 11.1 Å². The number of amides is 1. The lowest BCUT2D eigenvalue weighted by Crippen LogP contribution is -2.41. The van der Waals surface area contributed by atoms with Crippen molar-refractivity contribution >= 4 is 15.7 Å². The molecule has 1 saturated heterocycles. The van der Waals surface area contributed by atoms with Gasteiger partial charge in [-0.25, -0.2) is 8.42 Å². The number of aromatic nitrogens is 2. The van der Waals surface area contributed by atoms with Crippen molar-refractivity contribution in [1.82, 2.24) is 14.7 Å². The van der Waals surface area contributed by atoms with Gasteiger partial charge in [-0.1, -0.05) is 19.1 Å². The second kappa shape index (κ2) is 7.39. The number of hydrogen-bond donors (Lipinski definition) is 0. The summed E-state index contributed by atoms with van der Waals surface area (Å²) in [5.41, 5.74) is 1.66. The molecular weight excluding hydrogens is 338 g/mol. The molecule has 1 unspecified atom stereocenters. The predicted octanol–water partition coefficient (Wildman–Crippen LogP) is 1.97. The van der Waals surface area contributed by atoms with Crippen LogP contribution in [0.25, 0.3) is 0 Å². The topological polar surface area (TPSA) is 72.3 Å². The van der Waals surface area contributed by atoms with Crippen molar-refractivity contribution in [2.24, 2.45) is 0 Å². The second-order valence-corrected chi connectivity index (χ2v) is 8.68. The molecule has 1 aliphatic rings. The highest BCUT2D eigenvalue weighted by Crippen LogP contribution is 2.20. The smallest absolute Gasteiger partial charge is 0.254 e. The summed E-state index contributed by atoms with van der Waals surface area (Å²) in [5.74, 6) is 0.166. The van der Waals surface area contributed by atoms with Crippen LogP contribution in [0.1, 0.15) is 35.7 Å². The third kappa shape index (κ3) is 4.28. The summed E-state index contributed by atoms with van der Waals surface area (Å²) in [7, 11) is -3.01. The minimum atomic E-state index is -3.01. The van der Waals surface area contributed by atoms with Crippen LogP contribution in [0.3, 0.4) is 0 Å². The number of nitrogens with zero attached hydrogens (tertiary/aromatic N) is 3. The summed E-state index contributed by atoms with van der Waals surface area (Å²) < 4.78 is 25.3. The SMILES string of the molecule is CCCN(C(=O)c1ccc(Cn2cccn2)cc1)C1CCS(=O)(=O)C1. The number of hydrogen-bond acceptors (Lipinski definition) is 4. The fourth-order valence-corrected chi connectivity index (χ4v) is 4.94. The number of benzene rings is 1. The highest BCUT2D eigenvalue weighted by molar-refractivity contribution is 7.91. The van der Waals surface area contributed by atoms with E-state index in [2.05, 4.69) is 5.10 Å². The van der Waals surface area contributed by atoms with E-state index in [1.165, 1.54) is 0 Å². The fraction of sp³-hybridized carbons (Fsp3) is 0.444. The highest BCUT2D eigenvalue weighted by atomic mass is 32.2. The molecule has 1 aromatic carbocycles. The zero-order valence-corrected chi connectivity index (χ0v) is 15.2. The number of carbonyl (C=O) groups is 1. The Bertz CT molecular complexity index is 814. The van der Waals surface area contributed by atoms with Crippen LogP contribution in [0.15, 0.2) is 42.7 Å². The Hall–Kier alpha value is -2.15. The zero-order chi connectivity index (χ0) is 17.9. The van der Waals surface area contributed by atoms with Crippen molar-refractivity contribution in [3.63, 3.8) is 0 Å². The molecule has 7 heteroatoms. The van der Waals surface area contributed by atoms with Crippen molar-refractivity contribution in [3.05, 3.63) is 53.9 Å². The molecule has 3 rings (SSSR count). The van der Waals surface area contributed by atoms with Crippen LogP contribution in [0, 0.1) is 0 Å². The zero-order valence-electron chi connectivity index (χ0n) is 14.3. The Labute approximate surface area is 148 Å². The van der Waals surface area contributed by atoms with Gasteiger partial charge in [0.15, 0.2) is 9.84 Å². The van der Waals surface area contributed by atoms with Gasteiger partial charge in [-0.2, -0.15) is 5.10 Å². The Morgan fingerprint density at radius 2 is 2.08 bits per heavy atom. The van der Waals surface area contributed by atoms with Crippen LogP contribution >= 0.6 is 0 Å². The summed E-state index contributed by atoms with van der Waals surface area (Å²) in [5, 5.41) is 4.17. The molecule has 6 nitrogen and oxygen atoms in total. The van der Waals surface area contributed by atoms with Crippen LogP contribution < -0.4 is 0 Å². The quantitative estimate of drug-likeness (QED) is 0.789. The summed E-state index contributed by atoms with van der Waals surface area (Å²) >= 11 is 0. The minimum Gasteiger partial charge on any atom is -0.335 e. The molecular formula is C18H23N3O3S. The van der Waals surface area contributed by atoms with Gasteiger partial charge in [-0.15, -0.1) is 0 Å². The normalized spacial score (nSPS) is 19.0. The monoisotopic (exact) mass is 361 g/mol. The van der Waals surface area contributed by atoms with Gasteiger partial charge in [-0.05, 0) is 36.6 Å². The summed E-state index contributed by atoms with van der Waals surface area (Å²) in [6.07, 6.45) is 4.96. The third-order valence-electron chi connectivity index (χ3n) is 4.48. The van der Waals surface area contributed by atoms with Gasteiger partial charge in [0, 0.05) is 30.5 Å². The molecule has 0 spiro atoms. The van der Waals surface area contributed by atoms with E-state index in [9.17, 15) is 13.2 Å². The molecule has 1 amide bonds. The molecule has 0 bridgehead atoms. The molecule has 1 aliphatic heterocycles. The summed E-state index contributed by atoms with van der Waals surface area (Å²) in [4.78, 5) is 14.6. The molecule has 134 valence electrons. The maximum atomic E-state index is 12.9. The largest absolute Gasteiger partial charge is 0.335 e. The first kappa shape index (κ1) is 17.7. The predicted molar refractivity (Wildman–Crippen MR) is 96.2 cm³/mol. The first-order chi connectivity index (χ1) is 12.0. The maximum Gasteiger partial charge on any atom is 0.254 e. The Balaban J connectivity index is 1.73. The fourth-order valence-electron chi connectivity index (χ4n) is 3.21. The van der Waals surface area contributed by atoms with Crippen molar-refractivity contribution in [1.29, 1.82) is 0 Å². The van der Waals surface area contributed by atoms with Gasteiger partial charge in [-0.3, -0.25) is 9.48 Å². The summed E-state index contributed by atoms with van der Waals surface area (Å²) in [6, 6.07) is 9.13. The van der Waals surface area contributed by atoms with E-state index in [1.807, 2.05) is 48.1 Å². The van der Waals surface area contributed by atoms with Crippen LogP contribution in [0.2, 0.25) is 0 Å². The molecule has 0 aliphatic carbocycles. The van der Waals surface area contributed by atoms with Gasteiger partial charge in [0.05, 0.1) is 18.1 Å². The van der Waals surface area contributed by atoms with Gasteiger partial charge < -0.3 is 4.90 Å². The van der Waals surface area contributed by atoms with E-state index in [0.29, 0.717) is 25.1 Å². The van der Waals surface area contributed by atoms with Gasteiger partial charge in [0.25, 0.3) is 5.91 Å². The lowest BCUT2D eigenvalue weighted by molar-refractivity contribution is 0.0697. The molecule has 2 aromatic rings. The average Bonchev–Trinajstić information content (AvgIpc) is 3.22. The molecule has 2 heterocycles. The number of sulfone groups is 1. The molecule has 1 fully saturated rings. The van der Waals surface area contributed by atoms with Crippen molar-refractivity contribution < 1.29 is 13.2 Å². The Morgan fingerprint density at radius 1 is 1.32 bits per heavy atom. The van der Waals surface area contributed by atoms with E-state index in [0.717, 1.165) is 12.0 Å². The van der Waals surface area contributed by atoms with E-state index >= 15 is 0 Å². The van der Waals surface area contributed by atoms with Crippen molar-refractivity contribution in [2.45, 2.75) is 32.4 Å². The average molecular weight is 361 g/mol. The molecule has 1 aromatic heterocycles. The minimum absolute atomic E-state index is 0.0795. The molecule has 25 heavy (non-hydrogen) atoms. The van der Waals surface area contributed by atoms with Crippen LogP contribution in [-0.4, -0.2) is 53.1 Å². The van der Waals surface area contributed by atoms with Gasteiger partial charge >= 0.3 is 0 Å². The molecule has 0 N–H and O–H groups in total. The lowest BCUT2D eigenvalue weighted by Gasteiger charge is -2.28. The second-order valence-electron chi connectivity index (χ2n) is 6.46. The molecule has 1 atom stereocenters. The Morgan fingerprint density at radius 3 is 2.64 bits per heavy atom. The van der Waals surface area contributed by atoms with E-state index in [4.69, 9.17) is 0 Å². The number of rotatable bonds is 6. The number of carbonyl (C=O) groups excluding carboxylic acids is 1. The Kier molecular flexibility index (Phi) is 5.22. The first-order valence-electron chi connectivity index (χ1n) is 8.56. The molecule has 0 saturated carbocycles. The van der Waals surface area contributed by atoms with Gasteiger partial charge in [0.1, 0.15) is 0 Å². The maximum absolute atomic E-state index is 12.9. The lowest BCUT2D eigenvalue weighted by atomic mass is 10.1. The van der Waals surface area contributed by atoms with E-state index in [-0.39, 0.29) is 23.5 Å². The van der Waals surface area contributed by atoms with Crippen LogP contribution in [-0.2, 0) is 16.4 Å². The highest BCUT2D eigenvalue weighted by Gasteiger charge is 2.34. The summed E-state index contributed by atoms with van der Waals surface area (Å²) in [6.45, 7) is 3.23. The third-order valence-corrected chi connectivity index (χ3v) is 6.23. The standard InChI is InChI=1S/C18H23N3O3S/c1-2-10-21(17-8-12-25(23,24)14-17)18(22)16-6-4-15(5-7-16)13-20-11-3-9-19-20/h3-7,9,11,17H,2,8,10,12-14H2,1H3. The van der Waals surface area contributed by atoms with E-state index < -0.39 is 9.84 Å². The van der Waals surface area contributed by atoms with Crippen LogP contribution in [0.4, 0.5) is 0 Å². The molecule has 0 radical (unpaired) electrons. The van der Waals surface area contributed by atoms with Crippen molar-refractivity contribution in [2.75, 3.05) is 18.1 Å².